The zero-order valence-electron chi connectivity index (χ0n) is 12.4. The highest BCUT2D eigenvalue weighted by atomic mass is 31.0. The Morgan fingerprint density at radius 3 is 1.70 bits per heavy atom. The molecule has 0 bridgehead atoms. The Kier molecular flexibility index (Phi) is 4.45. The monoisotopic (exact) mass is 318 g/mol. The SMILES string of the molecule is O=C(c1ccccc1)c1cccc(P)c1C(=O)c1ccccc1. The van der Waals surface area contributed by atoms with Crippen molar-refractivity contribution in [2.24, 2.45) is 0 Å². The van der Waals surface area contributed by atoms with Gasteiger partial charge in [-0.05, 0) is 5.30 Å². The van der Waals surface area contributed by atoms with Crippen molar-refractivity contribution in [2.75, 3.05) is 0 Å². The molecule has 0 aromatic heterocycles. The Bertz CT molecular complexity index is 855. The first-order valence-electron chi connectivity index (χ1n) is 7.26. The summed E-state index contributed by atoms with van der Waals surface area (Å²) < 4.78 is 0. The maximum absolute atomic E-state index is 12.9. The van der Waals surface area contributed by atoms with Crippen LogP contribution in [-0.4, -0.2) is 11.6 Å². The number of hydrogen-bond acceptors (Lipinski definition) is 2. The van der Waals surface area contributed by atoms with Crippen LogP contribution in [0.1, 0.15) is 31.8 Å². The summed E-state index contributed by atoms with van der Waals surface area (Å²) in [5.74, 6) is -0.287. The highest BCUT2D eigenvalue weighted by Crippen LogP contribution is 2.18. The molecule has 3 rings (SSSR count). The summed E-state index contributed by atoms with van der Waals surface area (Å²) in [6, 6.07) is 23.3. The van der Waals surface area contributed by atoms with Crippen LogP contribution in [-0.2, 0) is 0 Å². The number of carbonyl (C=O) groups is 2. The van der Waals surface area contributed by atoms with E-state index in [1.165, 1.54) is 0 Å². The average molecular weight is 318 g/mol. The molecule has 0 radical (unpaired) electrons. The van der Waals surface area contributed by atoms with Crippen molar-refractivity contribution in [3.05, 3.63) is 101 Å². The fourth-order valence-electron chi connectivity index (χ4n) is 2.49. The van der Waals surface area contributed by atoms with Crippen LogP contribution in [0, 0.1) is 0 Å². The van der Waals surface area contributed by atoms with Crippen molar-refractivity contribution in [2.45, 2.75) is 0 Å². The second-order valence-corrected chi connectivity index (χ2v) is 5.78. The van der Waals surface area contributed by atoms with E-state index in [9.17, 15) is 9.59 Å². The highest BCUT2D eigenvalue weighted by Gasteiger charge is 2.21. The van der Waals surface area contributed by atoms with E-state index in [0.29, 0.717) is 22.3 Å². The van der Waals surface area contributed by atoms with Gasteiger partial charge >= 0.3 is 0 Å². The molecular weight excluding hydrogens is 303 g/mol. The number of ketones is 2. The molecule has 0 aliphatic rings. The third kappa shape index (κ3) is 3.13. The molecule has 0 N–H and O–H groups in total. The fraction of sp³-hybridized carbons (Fsp3) is 0. The molecule has 23 heavy (non-hydrogen) atoms. The van der Waals surface area contributed by atoms with Crippen LogP contribution in [0.3, 0.4) is 0 Å². The van der Waals surface area contributed by atoms with Crippen LogP contribution < -0.4 is 5.30 Å². The van der Waals surface area contributed by atoms with Crippen LogP contribution in [0.2, 0.25) is 0 Å². The Balaban J connectivity index is 2.11. The van der Waals surface area contributed by atoms with Crippen molar-refractivity contribution in [3.63, 3.8) is 0 Å². The van der Waals surface area contributed by atoms with Crippen LogP contribution in [0.15, 0.2) is 78.9 Å². The third-order valence-electron chi connectivity index (χ3n) is 3.64. The molecule has 3 aromatic carbocycles. The molecule has 0 spiro atoms. The van der Waals surface area contributed by atoms with Gasteiger partial charge in [-0.15, -0.1) is 9.24 Å². The van der Waals surface area contributed by atoms with E-state index < -0.39 is 0 Å². The molecule has 3 aromatic rings. The van der Waals surface area contributed by atoms with Crippen LogP contribution >= 0.6 is 9.24 Å². The standard InChI is InChI=1S/C20H15O2P/c21-19(14-8-3-1-4-9-14)16-12-7-13-17(23)18(16)20(22)15-10-5-2-6-11-15/h1-13H,23H2. The van der Waals surface area contributed by atoms with E-state index in [1.807, 2.05) is 42.5 Å². The topological polar surface area (TPSA) is 34.1 Å². The lowest BCUT2D eigenvalue weighted by Crippen LogP contribution is -2.18. The first-order valence-corrected chi connectivity index (χ1v) is 7.84. The van der Waals surface area contributed by atoms with Crippen molar-refractivity contribution in [1.29, 1.82) is 0 Å². The van der Waals surface area contributed by atoms with Gasteiger partial charge in [-0.25, -0.2) is 0 Å². The predicted molar refractivity (Wildman–Crippen MR) is 95.5 cm³/mol. The summed E-state index contributed by atoms with van der Waals surface area (Å²) in [7, 11) is 2.55. The molecule has 1 unspecified atom stereocenters. The van der Waals surface area contributed by atoms with Gasteiger partial charge < -0.3 is 0 Å². The Morgan fingerprint density at radius 2 is 1.13 bits per heavy atom. The molecular formula is C20H15O2P. The molecule has 0 fully saturated rings. The molecule has 0 saturated carbocycles. The molecule has 0 heterocycles. The Morgan fingerprint density at radius 1 is 0.609 bits per heavy atom. The second kappa shape index (κ2) is 6.68. The number of benzene rings is 3. The summed E-state index contributed by atoms with van der Waals surface area (Å²) in [5.41, 5.74) is 2.02. The minimum Gasteiger partial charge on any atom is -0.289 e. The van der Waals surface area contributed by atoms with E-state index in [2.05, 4.69) is 9.24 Å². The first-order chi connectivity index (χ1) is 11.2. The van der Waals surface area contributed by atoms with Gasteiger partial charge in [-0.2, -0.15) is 0 Å². The summed E-state index contributed by atoms with van der Waals surface area (Å²) >= 11 is 0. The third-order valence-corrected chi connectivity index (χ3v) is 4.12. The van der Waals surface area contributed by atoms with E-state index >= 15 is 0 Å². The molecule has 1 atom stereocenters. The molecule has 112 valence electrons. The van der Waals surface area contributed by atoms with Crippen LogP contribution in [0.25, 0.3) is 0 Å². The van der Waals surface area contributed by atoms with Crippen molar-refractivity contribution < 1.29 is 9.59 Å². The first kappa shape index (κ1) is 15.3. The number of carbonyl (C=O) groups excluding carboxylic acids is 2. The summed E-state index contributed by atoms with van der Waals surface area (Å²) in [5, 5.41) is 0.723. The smallest absolute Gasteiger partial charge is 0.194 e. The van der Waals surface area contributed by atoms with E-state index in [4.69, 9.17) is 0 Å². The van der Waals surface area contributed by atoms with Crippen molar-refractivity contribution >= 4 is 26.1 Å². The van der Waals surface area contributed by atoms with Gasteiger partial charge in [0.1, 0.15) is 0 Å². The molecule has 0 saturated heterocycles. The van der Waals surface area contributed by atoms with E-state index in [0.717, 1.165) is 5.30 Å². The quantitative estimate of drug-likeness (QED) is 0.543. The fourth-order valence-corrected chi connectivity index (χ4v) is 2.89. The molecule has 2 nitrogen and oxygen atoms in total. The molecule has 3 heteroatoms. The normalized spacial score (nSPS) is 10.3. The van der Waals surface area contributed by atoms with Crippen LogP contribution in [0.5, 0.6) is 0 Å². The van der Waals surface area contributed by atoms with Gasteiger partial charge in [0.15, 0.2) is 11.6 Å². The molecule has 0 aliphatic heterocycles. The molecule has 0 aliphatic carbocycles. The second-order valence-electron chi connectivity index (χ2n) is 5.16. The van der Waals surface area contributed by atoms with E-state index in [-0.39, 0.29) is 11.6 Å². The van der Waals surface area contributed by atoms with Gasteiger partial charge in [0.2, 0.25) is 0 Å². The lowest BCUT2D eigenvalue weighted by atomic mass is 9.93. The summed E-state index contributed by atoms with van der Waals surface area (Å²) in [4.78, 5) is 25.7. The lowest BCUT2D eigenvalue weighted by molar-refractivity contribution is 0.100. The van der Waals surface area contributed by atoms with Crippen LogP contribution in [0.4, 0.5) is 0 Å². The van der Waals surface area contributed by atoms with Crippen molar-refractivity contribution in [1.82, 2.24) is 0 Å². The summed E-state index contributed by atoms with van der Waals surface area (Å²) in [6.45, 7) is 0. The largest absolute Gasteiger partial charge is 0.289 e. The minimum absolute atomic E-state index is 0.143. The Hall–Kier alpha value is -2.57. The predicted octanol–water partition coefficient (Wildman–Crippen LogP) is 3.65. The number of hydrogen-bond donors (Lipinski definition) is 0. The Labute approximate surface area is 137 Å². The maximum Gasteiger partial charge on any atom is 0.194 e. The highest BCUT2D eigenvalue weighted by molar-refractivity contribution is 7.27. The average Bonchev–Trinajstić information content (AvgIpc) is 2.62. The number of rotatable bonds is 4. The summed E-state index contributed by atoms with van der Waals surface area (Å²) in [6.07, 6.45) is 0. The molecule has 0 amide bonds. The van der Waals surface area contributed by atoms with Gasteiger partial charge in [0.25, 0.3) is 0 Å². The van der Waals surface area contributed by atoms with Crippen molar-refractivity contribution in [3.8, 4) is 0 Å². The minimum atomic E-state index is -0.144. The zero-order valence-corrected chi connectivity index (χ0v) is 13.6. The van der Waals surface area contributed by atoms with Gasteiger partial charge in [0.05, 0.1) is 0 Å². The van der Waals surface area contributed by atoms with Gasteiger partial charge in [-0.3, -0.25) is 9.59 Å². The van der Waals surface area contributed by atoms with E-state index in [1.54, 1.807) is 36.4 Å². The zero-order chi connectivity index (χ0) is 16.2. The van der Waals surface area contributed by atoms with Gasteiger partial charge in [-0.1, -0.05) is 78.9 Å². The van der Waals surface area contributed by atoms with Gasteiger partial charge in [0, 0.05) is 22.3 Å². The lowest BCUT2D eigenvalue weighted by Gasteiger charge is -2.11. The maximum atomic E-state index is 12.9.